The van der Waals surface area contributed by atoms with Crippen LogP contribution in [0.3, 0.4) is 0 Å². The summed E-state index contributed by atoms with van der Waals surface area (Å²) < 4.78 is 5.97. The summed E-state index contributed by atoms with van der Waals surface area (Å²) in [6.07, 6.45) is 0. The van der Waals surface area contributed by atoms with E-state index in [0.29, 0.717) is 5.69 Å². The van der Waals surface area contributed by atoms with Crippen molar-refractivity contribution in [3.8, 4) is 0 Å². The van der Waals surface area contributed by atoms with Gasteiger partial charge in [0.2, 0.25) is 5.91 Å². The minimum absolute atomic E-state index is 0.110. The van der Waals surface area contributed by atoms with Crippen molar-refractivity contribution in [3.05, 3.63) is 56.9 Å². The molecule has 9 heteroatoms. The number of aromatic nitrogens is 2. The average molecular weight is 374 g/mol. The zero-order chi connectivity index (χ0) is 20.1. The molecule has 1 aromatic carbocycles. The Balaban J connectivity index is 2.26. The van der Waals surface area contributed by atoms with Gasteiger partial charge in [-0.1, -0.05) is 24.3 Å². The number of carbonyl (C=O) groups is 2. The fourth-order valence-corrected chi connectivity index (χ4v) is 2.78. The van der Waals surface area contributed by atoms with E-state index in [-0.39, 0.29) is 36.9 Å². The van der Waals surface area contributed by atoms with Crippen LogP contribution in [0, 0.1) is 30.9 Å². The van der Waals surface area contributed by atoms with Gasteiger partial charge in [-0.15, -0.1) is 0 Å². The summed E-state index contributed by atoms with van der Waals surface area (Å²) in [5, 5.41) is 15.2. The molecule has 0 unspecified atom stereocenters. The topological polar surface area (TPSA) is 108 Å². The van der Waals surface area contributed by atoms with Gasteiger partial charge in [-0.05, 0) is 31.9 Å². The number of esters is 1. The van der Waals surface area contributed by atoms with Gasteiger partial charge in [0.25, 0.3) is 0 Å². The molecule has 0 atom stereocenters. The zero-order valence-corrected chi connectivity index (χ0v) is 15.8. The number of benzene rings is 1. The molecular formula is C18H22N4O5. The molecule has 144 valence electrons. The van der Waals surface area contributed by atoms with Crippen LogP contribution < -0.4 is 0 Å². The predicted molar refractivity (Wildman–Crippen MR) is 97.0 cm³/mol. The van der Waals surface area contributed by atoms with Crippen molar-refractivity contribution in [2.24, 2.45) is 0 Å². The highest BCUT2D eigenvalue weighted by Crippen LogP contribution is 2.22. The van der Waals surface area contributed by atoms with E-state index in [9.17, 15) is 19.7 Å². The second-order valence-corrected chi connectivity index (χ2v) is 6.19. The van der Waals surface area contributed by atoms with Gasteiger partial charge in [-0.25, -0.2) is 0 Å². The summed E-state index contributed by atoms with van der Waals surface area (Å²) in [6.45, 7) is 4.78. The van der Waals surface area contributed by atoms with E-state index in [0.717, 1.165) is 11.1 Å². The normalized spacial score (nSPS) is 10.5. The van der Waals surface area contributed by atoms with Crippen LogP contribution in [0.4, 0.5) is 5.69 Å². The molecule has 0 radical (unpaired) electrons. The number of nitro groups is 1. The second kappa shape index (κ2) is 8.43. The number of carbonyl (C=O) groups excluding carboxylic acids is 2. The van der Waals surface area contributed by atoms with Crippen molar-refractivity contribution in [2.45, 2.75) is 33.9 Å². The summed E-state index contributed by atoms with van der Waals surface area (Å²) in [7, 11) is 1.25. The Morgan fingerprint density at radius 1 is 1.26 bits per heavy atom. The molecule has 0 N–H and O–H groups in total. The van der Waals surface area contributed by atoms with Gasteiger partial charge < -0.3 is 9.64 Å². The Morgan fingerprint density at radius 2 is 1.93 bits per heavy atom. The maximum Gasteiger partial charge on any atom is 0.325 e. The average Bonchev–Trinajstić information content (AvgIpc) is 2.89. The Morgan fingerprint density at radius 3 is 2.48 bits per heavy atom. The highest BCUT2D eigenvalue weighted by Gasteiger charge is 2.25. The van der Waals surface area contributed by atoms with Crippen molar-refractivity contribution in [1.82, 2.24) is 14.7 Å². The minimum Gasteiger partial charge on any atom is -0.468 e. The van der Waals surface area contributed by atoms with Crippen LogP contribution in [-0.4, -0.2) is 45.1 Å². The van der Waals surface area contributed by atoms with Gasteiger partial charge >= 0.3 is 11.7 Å². The first-order valence-corrected chi connectivity index (χ1v) is 8.32. The molecule has 9 nitrogen and oxygen atoms in total. The van der Waals surface area contributed by atoms with Crippen LogP contribution in [0.2, 0.25) is 0 Å². The van der Waals surface area contributed by atoms with Crippen LogP contribution in [0.1, 0.15) is 22.5 Å². The molecule has 0 aliphatic heterocycles. The molecule has 2 aromatic rings. The lowest BCUT2D eigenvalue weighted by molar-refractivity contribution is -0.386. The molecule has 27 heavy (non-hydrogen) atoms. The number of ether oxygens (including phenoxy) is 1. The number of rotatable bonds is 7. The maximum atomic E-state index is 12.8. The van der Waals surface area contributed by atoms with Gasteiger partial charge in [-0.3, -0.25) is 24.4 Å². The van der Waals surface area contributed by atoms with Crippen LogP contribution in [0.15, 0.2) is 24.3 Å². The summed E-state index contributed by atoms with van der Waals surface area (Å²) >= 11 is 0. The third kappa shape index (κ3) is 4.69. The standard InChI is InChI=1S/C18H22N4O5/c1-12-7-5-6-8-15(12)9-20(11-17(24)27-4)16(23)10-21-14(3)18(22(25)26)13(2)19-21/h5-8H,9-11H2,1-4H3. The molecular weight excluding hydrogens is 352 g/mol. The third-order valence-electron chi connectivity index (χ3n) is 4.33. The first-order valence-electron chi connectivity index (χ1n) is 8.32. The summed E-state index contributed by atoms with van der Waals surface area (Å²) in [6, 6.07) is 7.54. The molecule has 0 fully saturated rings. The van der Waals surface area contributed by atoms with Crippen molar-refractivity contribution in [3.63, 3.8) is 0 Å². The smallest absolute Gasteiger partial charge is 0.325 e. The fourth-order valence-electron chi connectivity index (χ4n) is 2.78. The summed E-state index contributed by atoms with van der Waals surface area (Å²) in [4.78, 5) is 36.5. The largest absolute Gasteiger partial charge is 0.468 e. The number of methoxy groups -OCH3 is 1. The Kier molecular flexibility index (Phi) is 6.27. The van der Waals surface area contributed by atoms with E-state index >= 15 is 0 Å². The molecule has 1 heterocycles. The molecule has 0 spiro atoms. The lowest BCUT2D eigenvalue weighted by Crippen LogP contribution is -2.38. The highest BCUT2D eigenvalue weighted by molar-refractivity contribution is 5.82. The molecule has 0 aliphatic rings. The molecule has 0 saturated carbocycles. The molecule has 1 aromatic heterocycles. The first kappa shape index (κ1) is 20.1. The van der Waals surface area contributed by atoms with Crippen molar-refractivity contribution in [1.29, 1.82) is 0 Å². The SMILES string of the molecule is COC(=O)CN(Cc1ccccc1C)C(=O)Cn1nc(C)c([N+](=O)[O-])c1C. The summed E-state index contributed by atoms with van der Waals surface area (Å²) in [5.74, 6) is -0.930. The monoisotopic (exact) mass is 374 g/mol. The third-order valence-corrected chi connectivity index (χ3v) is 4.33. The number of nitrogens with zero attached hydrogens (tertiary/aromatic N) is 4. The number of amides is 1. The lowest BCUT2D eigenvalue weighted by atomic mass is 10.1. The molecule has 0 aliphatic carbocycles. The van der Waals surface area contributed by atoms with Gasteiger partial charge in [-0.2, -0.15) is 5.10 Å². The lowest BCUT2D eigenvalue weighted by Gasteiger charge is -2.22. The van der Waals surface area contributed by atoms with E-state index in [1.165, 1.54) is 30.5 Å². The van der Waals surface area contributed by atoms with Crippen LogP contribution in [-0.2, 0) is 27.4 Å². The van der Waals surface area contributed by atoms with E-state index in [1.54, 1.807) is 0 Å². The number of aryl methyl sites for hydroxylation is 2. The Bertz CT molecular complexity index is 875. The van der Waals surface area contributed by atoms with Gasteiger partial charge in [0.05, 0.1) is 12.0 Å². The first-order chi connectivity index (χ1) is 12.7. The van der Waals surface area contributed by atoms with Crippen LogP contribution in [0.25, 0.3) is 0 Å². The highest BCUT2D eigenvalue weighted by atomic mass is 16.6. The molecule has 2 rings (SSSR count). The fraction of sp³-hybridized carbons (Fsp3) is 0.389. The number of hydrogen-bond acceptors (Lipinski definition) is 6. The van der Waals surface area contributed by atoms with Crippen LogP contribution >= 0.6 is 0 Å². The van der Waals surface area contributed by atoms with Crippen LogP contribution in [0.5, 0.6) is 0 Å². The van der Waals surface area contributed by atoms with E-state index in [1.807, 2.05) is 31.2 Å². The zero-order valence-electron chi connectivity index (χ0n) is 15.8. The van der Waals surface area contributed by atoms with Crippen molar-refractivity contribution >= 4 is 17.6 Å². The van der Waals surface area contributed by atoms with E-state index in [4.69, 9.17) is 0 Å². The minimum atomic E-state index is -0.545. The van der Waals surface area contributed by atoms with E-state index < -0.39 is 10.9 Å². The van der Waals surface area contributed by atoms with E-state index in [2.05, 4.69) is 9.84 Å². The maximum absolute atomic E-state index is 12.8. The summed E-state index contributed by atoms with van der Waals surface area (Å²) in [5.41, 5.74) is 2.31. The predicted octanol–water partition coefficient (Wildman–Crippen LogP) is 1.92. The van der Waals surface area contributed by atoms with Gasteiger partial charge in [0, 0.05) is 6.54 Å². The van der Waals surface area contributed by atoms with Gasteiger partial charge in [0.15, 0.2) is 0 Å². The molecule has 1 amide bonds. The van der Waals surface area contributed by atoms with Gasteiger partial charge in [0.1, 0.15) is 24.5 Å². The number of hydrogen-bond donors (Lipinski definition) is 0. The second-order valence-electron chi connectivity index (χ2n) is 6.19. The molecule has 0 bridgehead atoms. The quantitative estimate of drug-likeness (QED) is 0.416. The Hall–Kier alpha value is -3.23. The Labute approximate surface area is 156 Å². The van der Waals surface area contributed by atoms with Crippen molar-refractivity contribution in [2.75, 3.05) is 13.7 Å². The molecule has 0 saturated heterocycles. The van der Waals surface area contributed by atoms with Crippen molar-refractivity contribution < 1.29 is 19.2 Å².